The number of aromatic nitrogens is 2. The molecule has 0 radical (unpaired) electrons. The maximum Gasteiger partial charge on any atom is 0.143 e. The summed E-state index contributed by atoms with van der Waals surface area (Å²) in [6, 6.07) is 9.43. The normalized spacial score (nSPS) is 10.7. The summed E-state index contributed by atoms with van der Waals surface area (Å²) in [6.07, 6.45) is 1.77. The van der Waals surface area contributed by atoms with E-state index in [1.165, 1.54) is 11.3 Å². The second-order valence-electron chi connectivity index (χ2n) is 3.80. The fourth-order valence-electron chi connectivity index (χ4n) is 1.75. The van der Waals surface area contributed by atoms with Crippen LogP contribution in [0.25, 0.3) is 20.9 Å². The van der Waals surface area contributed by atoms with Gasteiger partial charge in [-0.25, -0.2) is 9.97 Å². The van der Waals surface area contributed by atoms with Gasteiger partial charge in [-0.05, 0) is 24.3 Å². The second-order valence-corrected chi connectivity index (χ2v) is 4.78. The van der Waals surface area contributed by atoms with Gasteiger partial charge in [0.1, 0.15) is 21.1 Å². The summed E-state index contributed by atoms with van der Waals surface area (Å²) in [5, 5.41) is 0.879. The Balaban J connectivity index is 2.14. The highest BCUT2D eigenvalue weighted by atomic mass is 32.1. The maximum atomic E-state index is 6.02. The predicted octanol–water partition coefficient (Wildman–Crippen LogP) is 2.95. The van der Waals surface area contributed by atoms with Crippen LogP contribution in [-0.2, 0) is 0 Å². The van der Waals surface area contributed by atoms with Crippen molar-refractivity contribution in [1.82, 2.24) is 9.97 Å². The Morgan fingerprint density at radius 2 is 2.17 bits per heavy atom. The van der Waals surface area contributed by atoms with Gasteiger partial charge in [-0.15, -0.1) is 0 Å². The van der Waals surface area contributed by atoms with Gasteiger partial charge in [0.05, 0.1) is 7.11 Å². The molecule has 0 saturated heterocycles. The largest absolute Gasteiger partial charge is 0.497 e. The van der Waals surface area contributed by atoms with Crippen molar-refractivity contribution < 1.29 is 4.74 Å². The van der Waals surface area contributed by atoms with Gasteiger partial charge in [0.15, 0.2) is 0 Å². The third-order valence-corrected chi connectivity index (χ3v) is 3.67. The zero-order valence-corrected chi connectivity index (χ0v) is 10.6. The predicted molar refractivity (Wildman–Crippen MR) is 73.8 cm³/mol. The molecule has 0 atom stereocenters. The Morgan fingerprint density at radius 3 is 2.89 bits per heavy atom. The van der Waals surface area contributed by atoms with E-state index in [-0.39, 0.29) is 0 Å². The minimum Gasteiger partial charge on any atom is -0.497 e. The van der Waals surface area contributed by atoms with Crippen LogP contribution in [0, 0.1) is 0 Å². The van der Waals surface area contributed by atoms with E-state index in [9.17, 15) is 0 Å². The Labute approximate surface area is 108 Å². The third-order valence-electron chi connectivity index (χ3n) is 2.66. The lowest BCUT2D eigenvalue weighted by molar-refractivity contribution is 0.415. The zero-order chi connectivity index (χ0) is 12.5. The lowest BCUT2D eigenvalue weighted by Crippen LogP contribution is -1.91. The molecule has 5 heteroatoms. The van der Waals surface area contributed by atoms with Crippen molar-refractivity contribution in [3.8, 4) is 16.3 Å². The van der Waals surface area contributed by atoms with Crippen LogP contribution in [0.1, 0.15) is 0 Å². The molecule has 0 aliphatic heterocycles. The van der Waals surface area contributed by atoms with Gasteiger partial charge >= 0.3 is 0 Å². The molecule has 0 spiro atoms. The quantitative estimate of drug-likeness (QED) is 0.717. The Hall–Kier alpha value is -2.14. The summed E-state index contributed by atoms with van der Waals surface area (Å²) in [4.78, 5) is 9.73. The van der Waals surface area contributed by atoms with Crippen LogP contribution in [0.15, 0.2) is 36.5 Å². The topological polar surface area (TPSA) is 61.0 Å². The lowest BCUT2D eigenvalue weighted by Gasteiger charge is -2.04. The summed E-state index contributed by atoms with van der Waals surface area (Å²) in [5.41, 5.74) is 8.49. The molecule has 0 fully saturated rings. The summed E-state index contributed by atoms with van der Waals surface area (Å²) < 4.78 is 5.14. The SMILES string of the molecule is COc1ccc(-c2nc3cccnc3s2)c(N)c1. The van der Waals surface area contributed by atoms with Crippen molar-refractivity contribution in [2.45, 2.75) is 0 Å². The number of nitrogen functional groups attached to an aromatic ring is 1. The number of hydrogen-bond donors (Lipinski definition) is 1. The van der Waals surface area contributed by atoms with E-state index in [4.69, 9.17) is 10.5 Å². The number of ether oxygens (including phenoxy) is 1. The van der Waals surface area contributed by atoms with E-state index in [1.54, 1.807) is 19.4 Å². The fraction of sp³-hybridized carbons (Fsp3) is 0.0769. The molecule has 0 amide bonds. The molecule has 2 N–H and O–H groups in total. The van der Waals surface area contributed by atoms with E-state index < -0.39 is 0 Å². The third kappa shape index (κ3) is 1.78. The standard InChI is InChI=1S/C13H11N3OS/c1-17-8-4-5-9(10(14)7-8)12-16-11-3-2-6-15-13(11)18-12/h2-7H,14H2,1H3. The lowest BCUT2D eigenvalue weighted by atomic mass is 10.2. The molecule has 4 nitrogen and oxygen atoms in total. The number of nitrogens with two attached hydrogens (primary N) is 1. The number of methoxy groups -OCH3 is 1. The van der Waals surface area contributed by atoms with Gasteiger partial charge in [0, 0.05) is 23.5 Å². The number of rotatable bonds is 2. The first-order valence-electron chi connectivity index (χ1n) is 5.43. The number of anilines is 1. The summed E-state index contributed by atoms with van der Waals surface area (Å²) in [6.45, 7) is 0. The van der Waals surface area contributed by atoms with Gasteiger partial charge in [-0.3, -0.25) is 0 Å². The van der Waals surface area contributed by atoms with Crippen molar-refractivity contribution in [2.75, 3.05) is 12.8 Å². The van der Waals surface area contributed by atoms with Crippen molar-refractivity contribution in [3.63, 3.8) is 0 Å². The number of hydrogen-bond acceptors (Lipinski definition) is 5. The van der Waals surface area contributed by atoms with Crippen molar-refractivity contribution in [2.24, 2.45) is 0 Å². The first-order chi connectivity index (χ1) is 8.78. The van der Waals surface area contributed by atoms with Crippen LogP contribution >= 0.6 is 11.3 Å². The smallest absolute Gasteiger partial charge is 0.143 e. The summed E-state index contributed by atoms with van der Waals surface area (Å²) in [7, 11) is 1.62. The average Bonchev–Trinajstić information content (AvgIpc) is 2.81. The Morgan fingerprint density at radius 1 is 1.28 bits per heavy atom. The van der Waals surface area contributed by atoms with E-state index in [0.29, 0.717) is 5.69 Å². The molecule has 2 aromatic heterocycles. The molecular weight excluding hydrogens is 246 g/mol. The second kappa shape index (κ2) is 4.27. The van der Waals surface area contributed by atoms with Gasteiger partial charge in [0.25, 0.3) is 0 Å². The molecule has 2 heterocycles. The highest BCUT2D eigenvalue weighted by molar-refractivity contribution is 7.21. The van der Waals surface area contributed by atoms with Gasteiger partial charge < -0.3 is 10.5 Å². The summed E-state index contributed by atoms with van der Waals surface area (Å²) >= 11 is 1.53. The highest BCUT2D eigenvalue weighted by Gasteiger charge is 2.10. The van der Waals surface area contributed by atoms with Gasteiger partial charge in [0.2, 0.25) is 0 Å². The molecule has 0 unspecified atom stereocenters. The van der Waals surface area contributed by atoms with E-state index in [1.807, 2.05) is 24.3 Å². The molecule has 0 bridgehead atoms. The molecule has 0 saturated carbocycles. The number of thiazole rings is 1. The summed E-state index contributed by atoms with van der Waals surface area (Å²) in [5.74, 6) is 0.746. The molecule has 3 aromatic rings. The van der Waals surface area contributed by atoms with E-state index in [2.05, 4.69) is 9.97 Å². The molecular formula is C13H11N3OS. The molecule has 0 aliphatic carbocycles. The van der Waals surface area contributed by atoms with Gasteiger partial charge in [-0.1, -0.05) is 11.3 Å². The highest BCUT2D eigenvalue weighted by Crippen LogP contribution is 2.34. The van der Waals surface area contributed by atoms with Crippen molar-refractivity contribution in [3.05, 3.63) is 36.5 Å². The van der Waals surface area contributed by atoms with Crippen LogP contribution in [-0.4, -0.2) is 17.1 Å². The Kier molecular flexibility index (Phi) is 2.60. The van der Waals surface area contributed by atoms with Crippen molar-refractivity contribution in [1.29, 1.82) is 0 Å². The van der Waals surface area contributed by atoms with E-state index >= 15 is 0 Å². The monoisotopic (exact) mass is 257 g/mol. The molecule has 18 heavy (non-hydrogen) atoms. The average molecular weight is 257 g/mol. The Bertz CT molecular complexity index is 675. The first-order valence-corrected chi connectivity index (χ1v) is 6.25. The van der Waals surface area contributed by atoms with Gasteiger partial charge in [-0.2, -0.15) is 0 Å². The fourth-order valence-corrected chi connectivity index (χ4v) is 2.70. The molecule has 1 aromatic carbocycles. The van der Waals surface area contributed by atoms with Crippen LogP contribution < -0.4 is 10.5 Å². The number of pyridine rings is 1. The van der Waals surface area contributed by atoms with Crippen molar-refractivity contribution >= 4 is 27.4 Å². The molecule has 0 aliphatic rings. The maximum absolute atomic E-state index is 6.02. The number of fused-ring (bicyclic) bond motifs is 1. The van der Waals surface area contributed by atoms with E-state index in [0.717, 1.165) is 26.7 Å². The first kappa shape index (κ1) is 11.0. The molecule has 3 rings (SSSR count). The van der Waals surface area contributed by atoms with Crippen LogP contribution in [0.5, 0.6) is 5.75 Å². The minimum atomic E-state index is 0.661. The van der Waals surface area contributed by atoms with Crippen LogP contribution in [0.3, 0.4) is 0 Å². The van der Waals surface area contributed by atoms with Crippen LogP contribution in [0.2, 0.25) is 0 Å². The van der Waals surface area contributed by atoms with Crippen LogP contribution in [0.4, 0.5) is 5.69 Å². The number of benzene rings is 1. The minimum absolute atomic E-state index is 0.661. The molecule has 90 valence electrons. The number of nitrogens with zero attached hydrogens (tertiary/aromatic N) is 2. The zero-order valence-electron chi connectivity index (χ0n) is 9.75.